The van der Waals surface area contributed by atoms with Crippen LogP contribution in [0.4, 0.5) is 11.4 Å². The Kier molecular flexibility index (Phi) is 4.25. The van der Waals surface area contributed by atoms with Crippen LogP contribution < -0.4 is 10.6 Å². The number of methoxy groups -OCH3 is 1. The molecule has 0 bridgehead atoms. The van der Waals surface area contributed by atoms with Crippen LogP contribution in [0, 0.1) is 5.92 Å². The van der Waals surface area contributed by atoms with Gasteiger partial charge in [-0.15, -0.1) is 0 Å². The van der Waals surface area contributed by atoms with Gasteiger partial charge in [-0.3, -0.25) is 0 Å². The first-order chi connectivity index (χ1) is 8.52. The van der Waals surface area contributed by atoms with Crippen LogP contribution in [0.5, 0.6) is 0 Å². The summed E-state index contributed by atoms with van der Waals surface area (Å²) in [4.78, 5) is 2.21. The van der Waals surface area contributed by atoms with Crippen molar-refractivity contribution >= 4 is 34.6 Å². The molecule has 2 N–H and O–H groups in total. The zero-order valence-electron chi connectivity index (χ0n) is 10.6. The van der Waals surface area contributed by atoms with Crippen LogP contribution in [0.3, 0.4) is 0 Å². The standard InChI is InChI=1S/C13H18Cl2N2O/c1-8-3-4-17(7-13(8)18-2)12-6-10(15)9(14)5-11(12)16/h5-6,8,13H,3-4,7,16H2,1-2H3. The van der Waals surface area contributed by atoms with E-state index in [1.165, 1.54) is 0 Å². The molecule has 1 heterocycles. The van der Waals surface area contributed by atoms with E-state index < -0.39 is 0 Å². The number of hydrogen-bond acceptors (Lipinski definition) is 3. The molecule has 0 aromatic heterocycles. The van der Waals surface area contributed by atoms with Gasteiger partial charge in [0.2, 0.25) is 0 Å². The zero-order chi connectivity index (χ0) is 13.3. The van der Waals surface area contributed by atoms with E-state index in [-0.39, 0.29) is 6.10 Å². The second-order valence-electron chi connectivity index (χ2n) is 4.81. The highest BCUT2D eigenvalue weighted by atomic mass is 35.5. The maximum absolute atomic E-state index is 6.06. The van der Waals surface area contributed by atoms with Gasteiger partial charge < -0.3 is 15.4 Å². The molecular weight excluding hydrogens is 271 g/mol. The van der Waals surface area contributed by atoms with Gasteiger partial charge in [0.15, 0.2) is 0 Å². The number of nitrogen functional groups attached to an aromatic ring is 1. The molecule has 5 heteroatoms. The molecule has 0 spiro atoms. The summed E-state index contributed by atoms with van der Waals surface area (Å²) in [6.45, 7) is 4.01. The number of hydrogen-bond donors (Lipinski definition) is 1. The lowest BCUT2D eigenvalue weighted by Crippen LogP contribution is -2.44. The van der Waals surface area contributed by atoms with E-state index in [1.54, 1.807) is 13.2 Å². The van der Waals surface area contributed by atoms with E-state index in [4.69, 9.17) is 33.7 Å². The fourth-order valence-corrected chi connectivity index (χ4v) is 2.72. The second kappa shape index (κ2) is 5.55. The average molecular weight is 289 g/mol. The summed E-state index contributed by atoms with van der Waals surface area (Å²) < 4.78 is 5.51. The van der Waals surface area contributed by atoms with E-state index in [1.807, 2.05) is 6.07 Å². The molecule has 1 fully saturated rings. The quantitative estimate of drug-likeness (QED) is 0.848. The van der Waals surface area contributed by atoms with Gasteiger partial charge in [-0.25, -0.2) is 0 Å². The normalized spacial score (nSPS) is 24.3. The van der Waals surface area contributed by atoms with Crippen LogP contribution in [-0.4, -0.2) is 26.3 Å². The Morgan fingerprint density at radius 1 is 1.33 bits per heavy atom. The van der Waals surface area contributed by atoms with Crippen LogP contribution in [0.15, 0.2) is 12.1 Å². The van der Waals surface area contributed by atoms with E-state index in [0.29, 0.717) is 21.7 Å². The van der Waals surface area contributed by atoms with Crippen LogP contribution in [0.25, 0.3) is 0 Å². The third kappa shape index (κ3) is 2.68. The lowest BCUT2D eigenvalue weighted by Gasteiger charge is -2.38. The fraction of sp³-hybridized carbons (Fsp3) is 0.538. The van der Waals surface area contributed by atoms with Crippen molar-refractivity contribution in [3.05, 3.63) is 22.2 Å². The lowest BCUT2D eigenvalue weighted by molar-refractivity contribution is 0.0499. The van der Waals surface area contributed by atoms with Crippen molar-refractivity contribution in [3.8, 4) is 0 Å². The monoisotopic (exact) mass is 288 g/mol. The van der Waals surface area contributed by atoms with Gasteiger partial charge in [0.05, 0.1) is 27.5 Å². The maximum atomic E-state index is 6.06. The fourth-order valence-electron chi connectivity index (χ4n) is 2.39. The van der Waals surface area contributed by atoms with Crippen molar-refractivity contribution in [3.63, 3.8) is 0 Å². The minimum Gasteiger partial charge on any atom is -0.397 e. The van der Waals surface area contributed by atoms with Gasteiger partial charge in [-0.2, -0.15) is 0 Å². The van der Waals surface area contributed by atoms with Gasteiger partial charge in [-0.1, -0.05) is 30.1 Å². The first kappa shape index (κ1) is 13.8. The van der Waals surface area contributed by atoms with Crippen molar-refractivity contribution in [1.29, 1.82) is 0 Å². The molecule has 1 aliphatic rings. The molecule has 100 valence electrons. The Labute approximate surface area is 118 Å². The summed E-state index contributed by atoms with van der Waals surface area (Å²) in [5.41, 5.74) is 7.62. The molecule has 3 nitrogen and oxygen atoms in total. The molecule has 0 amide bonds. The van der Waals surface area contributed by atoms with E-state index in [2.05, 4.69) is 11.8 Å². The van der Waals surface area contributed by atoms with Crippen molar-refractivity contribution in [2.75, 3.05) is 30.8 Å². The van der Waals surface area contributed by atoms with E-state index in [9.17, 15) is 0 Å². The van der Waals surface area contributed by atoms with E-state index in [0.717, 1.165) is 25.2 Å². The topological polar surface area (TPSA) is 38.5 Å². The molecule has 2 atom stereocenters. The zero-order valence-corrected chi connectivity index (χ0v) is 12.1. The third-order valence-electron chi connectivity index (χ3n) is 3.60. The summed E-state index contributed by atoms with van der Waals surface area (Å²) in [5, 5.41) is 1.03. The summed E-state index contributed by atoms with van der Waals surface area (Å²) in [7, 11) is 1.75. The molecule has 0 saturated carbocycles. The number of ether oxygens (including phenoxy) is 1. The molecule has 2 rings (SSSR count). The Balaban J connectivity index is 2.24. The number of benzene rings is 1. The van der Waals surface area contributed by atoms with Crippen LogP contribution in [0.2, 0.25) is 10.0 Å². The van der Waals surface area contributed by atoms with Gasteiger partial charge in [-0.05, 0) is 24.5 Å². The van der Waals surface area contributed by atoms with Gasteiger partial charge in [0, 0.05) is 20.2 Å². The predicted molar refractivity (Wildman–Crippen MR) is 77.7 cm³/mol. The Morgan fingerprint density at radius 2 is 2.00 bits per heavy atom. The van der Waals surface area contributed by atoms with Crippen molar-refractivity contribution in [1.82, 2.24) is 0 Å². The first-order valence-electron chi connectivity index (χ1n) is 6.05. The number of rotatable bonds is 2. The Hall–Kier alpha value is -0.640. The lowest BCUT2D eigenvalue weighted by atomic mass is 9.95. The van der Waals surface area contributed by atoms with Crippen LogP contribution in [-0.2, 0) is 4.74 Å². The molecule has 1 aliphatic heterocycles. The largest absolute Gasteiger partial charge is 0.397 e. The van der Waals surface area contributed by atoms with Crippen molar-refractivity contribution in [2.45, 2.75) is 19.4 Å². The summed E-state index contributed by atoms with van der Waals surface area (Å²) >= 11 is 12.0. The molecule has 1 saturated heterocycles. The van der Waals surface area contributed by atoms with Crippen LogP contribution >= 0.6 is 23.2 Å². The SMILES string of the molecule is COC1CN(c2cc(Cl)c(Cl)cc2N)CCC1C. The molecule has 0 aliphatic carbocycles. The van der Waals surface area contributed by atoms with Crippen molar-refractivity contribution in [2.24, 2.45) is 5.92 Å². The van der Waals surface area contributed by atoms with Gasteiger partial charge in [0.1, 0.15) is 0 Å². The molecule has 2 unspecified atom stereocenters. The minimum atomic E-state index is 0.229. The number of nitrogens with two attached hydrogens (primary N) is 1. The summed E-state index contributed by atoms with van der Waals surface area (Å²) in [6, 6.07) is 3.54. The molecule has 18 heavy (non-hydrogen) atoms. The predicted octanol–water partition coefficient (Wildman–Crippen LogP) is 3.44. The van der Waals surface area contributed by atoms with Crippen LogP contribution in [0.1, 0.15) is 13.3 Å². The van der Waals surface area contributed by atoms with E-state index >= 15 is 0 Å². The smallest absolute Gasteiger partial charge is 0.0772 e. The third-order valence-corrected chi connectivity index (χ3v) is 4.32. The number of nitrogens with zero attached hydrogens (tertiary/aromatic N) is 1. The van der Waals surface area contributed by atoms with Gasteiger partial charge >= 0.3 is 0 Å². The minimum absolute atomic E-state index is 0.229. The highest BCUT2D eigenvalue weighted by Gasteiger charge is 2.27. The Bertz CT molecular complexity index is 439. The number of piperidine rings is 1. The molecular formula is C13H18Cl2N2O. The first-order valence-corrected chi connectivity index (χ1v) is 6.80. The number of anilines is 2. The molecule has 1 aromatic carbocycles. The van der Waals surface area contributed by atoms with Crippen molar-refractivity contribution < 1.29 is 4.74 Å². The second-order valence-corrected chi connectivity index (χ2v) is 5.63. The Morgan fingerprint density at radius 3 is 2.67 bits per heavy atom. The summed E-state index contributed by atoms with van der Waals surface area (Å²) in [5.74, 6) is 0.565. The molecule has 0 radical (unpaired) electrons. The highest BCUT2D eigenvalue weighted by Crippen LogP contribution is 2.35. The number of halogens is 2. The van der Waals surface area contributed by atoms with Gasteiger partial charge in [0.25, 0.3) is 0 Å². The maximum Gasteiger partial charge on any atom is 0.0772 e. The average Bonchev–Trinajstić information content (AvgIpc) is 2.35. The molecule has 1 aromatic rings. The highest BCUT2D eigenvalue weighted by molar-refractivity contribution is 6.42. The summed E-state index contributed by atoms with van der Waals surface area (Å²) in [6.07, 6.45) is 1.31.